The van der Waals surface area contributed by atoms with Crippen LogP contribution in [0.25, 0.3) is 10.9 Å². The van der Waals surface area contributed by atoms with Crippen molar-refractivity contribution in [1.29, 1.82) is 0 Å². The monoisotopic (exact) mass is 408 g/mol. The first-order valence-corrected chi connectivity index (χ1v) is 9.47. The van der Waals surface area contributed by atoms with Gasteiger partial charge in [0.1, 0.15) is 11.5 Å². The molecule has 0 unspecified atom stereocenters. The van der Waals surface area contributed by atoms with Gasteiger partial charge in [-0.15, -0.1) is 6.58 Å². The fourth-order valence-corrected chi connectivity index (χ4v) is 3.09. The Labute approximate surface area is 175 Å². The van der Waals surface area contributed by atoms with Crippen molar-refractivity contribution in [3.63, 3.8) is 0 Å². The Kier molecular flexibility index (Phi) is 6.75. The van der Waals surface area contributed by atoms with Crippen LogP contribution in [0, 0.1) is 0 Å². The molecule has 0 aliphatic heterocycles. The van der Waals surface area contributed by atoms with Gasteiger partial charge in [0.15, 0.2) is 11.5 Å². The number of hydrogen-bond acceptors (Lipinski definition) is 5. The quantitative estimate of drug-likeness (QED) is 0.372. The van der Waals surface area contributed by atoms with Gasteiger partial charge in [0.2, 0.25) is 0 Å². The van der Waals surface area contributed by atoms with Gasteiger partial charge in [0.05, 0.1) is 19.7 Å². The summed E-state index contributed by atoms with van der Waals surface area (Å²) in [6.45, 7) is 4.07. The summed E-state index contributed by atoms with van der Waals surface area (Å²) < 4.78 is 16.8. The molecule has 7 heteroatoms. The summed E-state index contributed by atoms with van der Waals surface area (Å²) >= 11 is 0. The van der Waals surface area contributed by atoms with Gasteiger partial charge in [-0.25, -0.2) is 4.79 Å². The lowest BCUT2D eigenvalue weighted by molar-refractivity contribution is 0.201. The van der Waals surface area contributed by atoms with Crippen LogP contribution in [0.1, 0.15) is 12.8 Å². The van der Waals surface area contributed by atoms with E-state index in [1.54, 1.807) is 62.9 Å². The lowest BCUT2D eigenvalue weighted by atomic mass is 10.2. The number of rotatable bonds is 9. The minimum Gasteiger partial charge on any atom is -0.493 e. The summed E-state index contributed by atoms with van der Waals surface area (Å²) in [6.07, 6.45) is 3.91. The number of amides is 1. The number of ether oxygens (including phenoxy) is 3. The van der Waals surface area contributed by atoms with Gasteiger partial charge in [-0.1, -0.05) is 6.08 Å². The first kappa shape index (κ1) is 21.0. The zero-order chi connectivity index (χ0) is 21.5. The highest BCUT2D eigenvalue weighted by Crippen LogP contribution is 2.37. The lowest BCUT2D eigenvalue weighted by Gasteiger charge is -2.19. The maximum atomic E-state index is 11.6. The predicted octanol–water partition coefficient (Wildman–Crippen LogP) is 5.49. The summed E-state index contributed by atoms with van der Waals surface area (Å²) in [5.74, 6) is 2.35. The number of hydrogen-bond donors (Lipinski definition) is 1. The van der Waals surface area contributed by atoms with E-state index in [1.807, 2.05) is 6.07 Å². The van der Waals surface area contributed by atoms with Crippen LogP contribution < -0.4 is 19.1 Å². The highest BCUT2D eigenvalue weighted by molar-refractivity contribution is 5.88. The van der Waals surface area contributed by atoms with Crippen LogP contribution in [0.15, 0.2) is 61.3 Å². The zero-order valence-electron chi connectivity index (χ0n) is 17.0. The molecule has 0 saturated carbocycles. The molecule has 0 aliphatic rings. The molecule has 156 valence electrons. The number of nitrogens with zero attached hydrogens (tertiary/aromatic N) is 2. The van der Waals surface area contributed by atoms with Crippen molar-refractivity contribution in [1.82, 2.24) is 4.98 Å². The normalized spacial score (nSPS) is 10.5. The Hall–Kier alpha value is -3.74. The van der Waals surface area contributed by atoms with Crippen molar-refractivity contribution < 1.29 is 24.1 Å². The Balaban J connectivity index is 1.85. The molecule has 0 spiro atoms. The van der Waals surface area contributed by atoms with Crippen LogP contribution in [0.3, 0.4) is 0 Å². The van der Waals surface area contributed by atoms with Gasteiger partial charge in [-0.3, -0.25) is 9.88 Å². The summed E-state index contributed by atoms with van der Waals surface area (Å²) in [5.41, 5.74) is 1.30. The van der Waals surface area contributed by atoms with E-state index in [-0.39, 0.29) is 0 Å². The van der Waals surface area contributed by atoms with Crippen LogP contribution in [-0.4, -0.2) is 36.9 Å². The molecule has 1 heterocycles. The van der Waals surface area contributed by atoms with Crippen molar-refractivity contribution in [2.24, 2.45) is 0 Å². The lowest BCUT2D eigenvalue weighted by Crippen LogP contribution is -2.30. The SMILES string of the molecule is C=CCCCN(C(=O)O)c1ccc(Oc2ccnc3cc(OC)c(OC)cc23)cc1. The largest absolute Gasteiger partial charge is 0.493 e. The number of pyridine rings is 1. The fraction of sp³-hybridized carbons (Fsp3) is 0.217. The Bertz CT molecular complexity index is 1030. The summed E-state index contributed by atoms with van der Waals surface area (Å²) in [4.78, 5) is 17.2. The van der Waals surface area contributed by atoms with Crippen LogP contribution in [0.2, 0.25) is 0 Å². The third-order valence-corrected chi connectivity index (χ3v) is 4.60. The molecule has 0 aliphatic carbocycles. The van der Waals surface area contributed by atoms with E-state index in [0.717, 1.165) is 11.8 Å². The van der Waals surface area contributed by atoms with Gasteiger partial charge in [0, 0.05) is 29.9 Å². The second kappa shape index (κ2) is 9.65. The van der Waals surface area contributed by atoms with Crippen molar-refractivity contribution in [3.05, 3.63) is 61.3 Å². The molecule has 3 aromatic rings. The molecule has 7 nitrogen and oxygen atoms in total. The number of anilines is 1. The Morgan fingerprint density at radius 1 is 1.10 bits per heavy atom. The molecule has 1 N–H and O–H groups in total. The second-order valence-corrected chi connectivity index (χ2v) is 6.49. The first-order chi connectivity index (χ1) is 14.6. The summed E-state index contributed by atoms with van der Waals surface area (Å²) in [6, 6.07) is 12.3. The predicted molar refractivity (Wildman–Crippen MR) is 116 cm³/mol. The maximum absolute atomic E-state index is 11.6. The number of aromatic nitrogens is 1. The van der Waals surface area contributed by atoms with Crippen LogP contribution >= 0.6 is 0 Å². The average Bonchev–Trinajstić information content (AvgIpc) is 2.76. The number of allylic oxidation sites excluding steroid dienone is 1. The standard InChI is InChI=1S/C23H24N2O5/c1-4-5-6-13-25(23(26)27)16-7-9-17(10-8-16)30-20-11-12-24-19-15-22(29-3)21(28-2)14-18(19)20/h4,7-12,14-15H,1,5-6,13H2,2-3H3,(H,26,27). The minimum atomic E-state index is -0.992. The Morgan fingerprint density at radius 2 is 1.80 bits per heavy atom. The van der Waals surface area contributed by atoms with E-state index in [4.69, 9.17) is 14.2 Å². The highest BCUT2D eigenvalue weighted by atomic mass is 16.5. The van der Waals surface area contributed by atoms with Gasteiger partial charge in [-0.2, -0.15) is 0 Å². The molecule has 1 amide bonds. The van der Waals surface area contributed by atoms with Crippen molar-refractivity contribution >= 4 is 22.7 Å². The highest BCUT2D eigenvalue weighted by Gasteiger charge is 2.15. The number of carboxylic acid groups (broad SMARTS) is 1. The molecule has 3 rings (SSSR count). The van der Waals surface area contributed by atoms with E-state index >= 15 is 0 Å². The topological polar surface area (TPSA) is 81.1 Å². The van der Waals surface area contributed by atoms with E-state index < -0.39 is 6.09 Å². The third-order valence-electron chi connectivity index (χ3n) is 4.60. The third kappa shape index (κ3) is 4.63. The van der Waals surface area contributed by atoms with Gasteiger partial charge >= 0.3 is 6.09 Å². The molecule has 30 heavy (non-hydrogen) atoms. The van der Waals surface area contributed by atoms with Crippen molar-refractivity contribution in [2.45, 2.75) is 12.8 Å². The van der Waals surface area contributed by atoms with Gasteiger partial charge < -0.3 is 19.3 Å². The number of methoxy groups -OCH3 is 2. The molecule has 0 fully saturated rings. The molecule has 0 bridgehead atoms. The smallest absolute Gasteiger partial charge is 0.411 e. The first-order valence-electron chi connectivity index (χ1n) is 9.47. The molecular weight excluding hydrogens is 384 g/mol. The van der Waals surface area contributed by atoms with Crippen molar-refractivity contribution in [2.75, 3.05) is 25.7 Å². The molecule has 0 saturated heterocycles. The van der Waals surface area contributed by atoms with Crippen molar-refractivity contribution in [3.8, 4) is 23.0 Å². The second-order valence-electron chi connectivity index (χ2n) is 6.49. The van der Waals surface area contributed by atoms with Crippen LogP contribution in [0.5, 0.6) is 23.0 Å². The number of unbranched alkanes of at least 4 members (excludes halogenated alkanes) is 1. The number of fused-ring (bicyclic) bond motifs is 1. The molecule has 1 aromatic heterocycles. The Morgan fingerprint density at radius 3 is 2.43 bits per heavy atom. The minimum absolute atomic E-state index is 0.401. The van der Waals surface area contributed by atoms with Gasteiger partial charge in [-0.05, 0) is 49.2 Å². The van der Waals surface area contributed by atoms with Gasteiger partial charge in [0.25, 0.3) is 0 Å². The summed E-state index contributed by atoms with van der Waals surface area (Å²) in [5, 5.41) is 10.3. The number of carbonyl (C=O) groups is 1. The van der Waals surface area contributed by atoms with E-state index in [9.17, 15) is 9.90 Å². The van der Waals surface area contributed by atoms with E-state index in [0.29, 0.717) is 47.2 Å². The molecule has 0 atom stereocenters. The maximum Gasteiger partial charge on any atom is 0.411 e. The van der Waals surface area contributed by atoms with Crippen LogP contribution in [-0.2, 0) is 0 Å². The van der Waals surface area contributed by atoms with E-state index in [1.165, 1.54) is 4.90 Å². The summed E-state index contributed by atoms with van der Waals surface area (Å²) in [7, 11) is 3.14. The average molecular weight is 408 g/mol. The fourth-order valence-electron chi connectivity index (χ4n) is 3.09. The molecule has 2 aromatic carbocycles. The zero-order valence-corrected chi connectivity index (χ0v) is 17.0. The molecule has 0 radical (unpaired) electrons. The van der Waals surface area contributed by atoms with Crippen LogP contribution in [0.4, 0.5) is 10.5 Å². The number of benzene rings is 2. The van der Waals surface area contributed by atoms with E-state index in [2.05, 4.69) is 11.6 Å². The molecular formula is C23H24N2O5.